The van der Waals surface area contributed by atoms with Crippen LogP contribution < -0.4 is 16.4 Å². The second-order valence-electron chi connectivity index (χ2n) is 6.94. The van der Waals surface area contributed by atoms with Crippen LogP contribution in [-0.4, -0.2) is 52.1 Å². The van der Waals surface area contributed by atoms with E-state index in [1.165, 1.54) is 0 Å². The molecular weight excluding hydrogens is 342 g/mol. The van der Waals surface area contributed by atoms with Crippen LogP contribution in [0.1, 0.15) is 53.4 Å². The molecule has 0 spiro atoms. The normalized spacial score (nSPS) is 15.6. The summed E-state index contributed by atoms with van der Waals surface area (Å²) < 4.78 is 0. The Morgan fingerprint density at radius 3 is 2.00 bits per heavy atom. The van der Waals surface area contributed by atoms with Crippen LogP contribution >= 0.6 is 0 Å². The summed E-state index contributed by atoms with van der Waals surface area (Å²) >= 11 is 0. The summed E-state index contributed by atoms with van der Waals surface area (Å²) in [5, 5.41) is 22.9. The molecule has 0 radical (unpaired) electrons. The van der Waals surface area contributed by atoms with E-state index in [1.807, 2.05) is 20.8 Å². The van der Waals surface area contributed by atoms with Gasteiger partial charge in [0.1, 0.15) is 12.1 Å². The lowest BCUT2D eigenvalue weighted by molar-refractivity contribution is -0.143. The first-order valence-corrected chi connectivity index (χ1v) is 8.80. The largest absolute Gasteiger partial charge is 0.481 e. The van der Waals surface area contributed by atoms with Gasteiger partial charge in [-0.05, 0) is 24.7 Å². The smallest absolute Gasteiger partial charge is 0.326 e. The maximum atomic E-state index is 12.5. The monoisotopic (exact) mass is 373 g/mol. The zero-order valence-corrected chi connectivity index (χ0v) is 15.8. The van der Waals surface area contributed by atoms with Gasteiger partial charge in [-0.15, -0.1) is 0 Å². The van der Waals surface area contributed by atoms with Crippen LogP contribution in [0.2, 0.25) is 0 Å². The van der Waals surface area contributed by atoms with Crippen LogP contribution in [0.15, 0.2) is 0 Å². The highest BCUT2D eigenvalue weighted by atomic mass is 16.4. The molecule has 6 N–H and O–H groups in total. The maximum Gasteiger partial charge on any atom is 0.326 e. The quantitative estimate of drug-likeness (QED) is 0.329. The van der Waals surface area contributed by atoms with Crippen LogP contribution in [0.3, 0.4) is 0 Å². The molecule has 9 nitrogen and oxygen atoms in total. The standard InChI is InChI=1S/C17H31N3O6/c1-5-10(4)14(17(25)26)20-16(24)12(8-9(2)3)19-15(23)11(18)6-7-13(21)22/h9-12,14H,5-8,18H2,1-4H3,(H,19,23)(H,20,24)(H,21,22)(H,25,26). The van der Waals surface area contributed by atoms with Crippen LogP contribution in [0.5, 0.6) is 0 Å². The van der Waals surface area contributed by atoms with Crippen molar-refractivity contribution in [2.75, 3.05) is 0 Å². The minimum Gasteiger partial charge on any atom is -0.481 e. The van der Waals surface area contributed by atoms with Crippen molar-refractivity contribution in [2.24, 2.45) is 17.6 Å². The lowest BCUT2D eigenvalue weighted by Gasteiger charge is -2.26. The van der Waals surface area contributed by atoms with E-state index in [0.29, 0.717) is 12.8 Å². The number of carboxylic acid groups (broad SMARTS) is 2. The SMILES string of the molecule is CCC(C)C(NC(=O)C(CC(C)C)NC(=O)C(N)CCC(=O)O)C(=O)O. The average Bonchev–Trinajstić information content (AvgIpc) is 2.54. The number of carboxylic acids is 2. The van der Waals surface area contributed by atoms with E-state index >= 15 is 0 Å². The van der Waals surface area contributed by atoms with E-state index in [4.69, 9.17) is 10.8 Å². The van der Waals surface area contributed by atoms with E-state index in [1.54, 1.807) is 6.92 Å². The van der Waals surface area contributed by atoms with Crippen LogP contribution in [-0.2, 0) is 19.2 Å². The van der Waals surface area contributed by atoms with Crippen LogP contribution in [0, 0.1) is 11.8 Å². The van der Waals surface area contributed by atoms with Crippen molar-refractivity contribution >= 4 is 23.8 Å². The second-order valence-corrected chi connectivity index (χ2v) is 6.94. The summed E-state index contributed by atoms with van der Waals surface area (Å²) in [7, 11) is 0. The van der Waals surface area contributed by atoms with E-state index in [-0.39, 0.29) is 24.7 Å². The highest BCUT2D eigenvalue weighted by Gasteiger charge is 2.30. The van der Waals surface area contributed by atoms with Crippen LogP contribution in [0.25, 0.3) is 0 Å². The molecule has 0 aromatic rings. The van der Waals surface area contributed by atoms with Crippen molar-refractivity contribution in [1.29, 1.82) is 0 Å². The number of carbonyl (C=O) groups is 4. The molecule has 9 heteroatoms. The summed E-state index contributed by atoms with van der Waals surface area (Å²) in [4.78, 5) is 46.6. The van der Waals surface area contributed by atoms with E-state index in [0.717, 1.165) is 0 Å². The summed E-state index contributed by atoms with van der Waals surface area (Å²) in [6.45, 7) is 7.26. The van der Waals surface area contributed by atoms with Gasteiger partial charge in [-0.1, -0.05) is 34.1 Å². The van der Waals surface area contributed by atoms with E-state index in [2.05, 4.69) is 10.6 Å². The zero-order valence-electron chi connectivity index (χ0n) is 15.8. The molecular formula is C17H31N3O6. The van der Waals surface area contributed by atoms with Gasteiger partial charge in [-0.3, -0.25) is 14.4 Å². The Labute approximate surface area is 153 Å². The van der Waals surface area contributed by atoms with Gasteiger partial charge in [-0.25, -0.2) is 4.79 Å². The number of nitrogens with one attached hydrogen (secondary N) is 2. The fraction of sp³-hybridized carbons (Fsp3) is 0.765. The third-order valence-electron chi connectivity index (χ3n) is 4.12. The highest BCUT2D eigenvalue weighted by molar-refractivity contribution is 5.91. The molecule has 0 rings (SSSR count). The number of hydrogen-bond donors (Lipinski definition) is 5. The number of amides is 2. The van der Waals surface area contributed by atoms with Crippen LogP contribution in [0.4, 0.5) is 0 Å². The number of nitrogens with two attached hydrogens (primary N) is 1. The Bertz CT molecular complexity index is 509. The van der Waals surface area contributed by atoms with Gasteiger partial charge < -0.3 is 26.6 Å². The van der Waals surface area contributed by atoms with Crippen molar-refractivity contribution in [1.82, 2.24) is 10.6 Å². The minimum absolute atomic E-state index is 0.0538. The topological polar surface area (TPSA) is 159 Å². The summed E-state index contributed by atoms with van der Waals surface area (Å²) in [6, 6.07) is -3.05. The fourth-order valence-electron chi connectivity index (χ4n) is 2.33. The van der Waals surface area contributed by atoms with E-state index < -0.39 is 41.9 Å². The lowest BCUT2D eigenvalue weighted by Crippen LogP contribution is -2.56. The van der Waals surface area contributed by atoms with Gasteiger partial charge >= 0.3 is 11.9 Å². The first-order chi connectivity index (χ1) is 12.0. The molecule has 26 heavy (non-hydrogen) atoms. The highest BCUT2D eigenvalue weighted by Crippen LogP contribution is 2.11. The van der Waals surface area contributed by atoms with Gasteiger partial charge in [0.25, 0.3) is 0 Å². The minimum atomic E-state index is -1.14. The third-order valence-corrected chi connectivity index (χ3v) is 4.12. The van der Waals surface area contributed by atoms with Gasteiger partial charge in [-0.2, -0.15) is 0 Å². The van der Waals surface area contributed by atoms with Crippen molar-refractivity contribution in [2.45, 2.75) is 71.5 Å². The Morgan fingerprint density at radius 1 is 1.00 bits per heavy atom. The number of carbonyl (C=O) groups excluding carboxylic acids is 2. The Balaban J connectivity index is 5.06. The molecule has 0 bridgehead atoms. The van der Waals surface area contributed by atoms with Gasteiger partial charge in [0.2, 0.25) is 11.8 Å². The van der Waals surface area contributed by atoms with Crippen molar-refractivity contribution in [3.05, 3.63) is 0 Å². The summed E-state index contributed by atoms with van der Waals surface area (Å²) in [6.07, 6.45) is 0.557. The predicted molar refractivity (Wildman–Crippen MR) is 95.3 cm³/mol. The Morgan fingerprint density at radius 2 is 1.58 bits per heavy atom. The third kappa shape index (κ3) is 8.80. The fourth-order valence-corrected chi connectivity index (χ4v) is 2.33. The molecule has 0 saturated heterocycles. The van der Waals surface area contributed by atoms with E-state index in [9.17, 15) is 24.3 Å². The Hall–Kier alpha value is -2.16. The molecule has 0 saturated carbocycles. The molecule has 0 aliphatic heterocycles. The predicted octanol–water partition coefficient (Wildman–Crippen LogP) is 0.325. The molecule has 0 heterocycles. The molecule has 2 amide bonds. The number of aliphatic carboxylic acids is 2. The lowest BCUT2D eigenvalue weighted by atomic mass is 9.97. The number of rotatable bonds is 12. The maximum absolute atomic E-state index is 12.5. The molecule has 0 aromatic carbocycles. The Kier molecular flexibility index (Phi) is 10.5. The molecule has 0 aliphatic rings. The molecule has 0 aliphatic carbocycles. The zero-order chi connectivity index (χ0) is 20.4. The molecule has 150 valence electrons. The number of hydrogen-bond acceptors (Lipinski definition) is 5. The molecule has 4 unspecified atom stereocenters. The molecule has 0 aromatic heterocycles. The van der Waals surface area contributed by atoms with Gasteiger partial charge in [0, 0.05) is 6.42 Å². The summed E-state index contributed by atoms with van der Waals surface area (Å²) in [5.74, 6) is -3.64. The average molecular weight is 373 g/mol. The van der Waals surface area contributed by atoms with Gasteiger partial charge in [0.05, 0.1) is 6.04 Å². The first kappa shape index (κ1) is 23.8. The second kappa shape index (κ2) is 11.5. The van der Waals surface area contributed by atoms with Crippen molar-refractivity contribution in [3.63, 3.8) is 0 Å². The summed E-state index contributed by atoms with van der Waals surface area (Å²) in [5.41, 5.74) is 5.66. The van der Waals surface area contributed by atoms with Crippen molar-refractivity contribution < 1.29 is 29.4 Å². The van der Waals surface area contributed by atoms with Crippen molar-refractivity contribution in [3.8, 4) is 0 Å². The first-order valence-electron chi connectivity index (χ1n) is 8.80. The van der Waals surface area contributed by atoms with Gasteiger partial charge in [0.15, 0.2) is 0 Å². The molecule has 0 fully saturated rings. The molecule has 4 atom stereocenters.